The van der Waals surface area contributed by atoms with Crippen LogP contribution in [-0.2, 0) is 10.3 Å². The maximum Gasteiger partial charge on any atom is 0.411 e. The van der Waals surface area contributed by atoms with Gasteiger partial charge in [-0.15, -0.1) is 10.2 Å². The third-order valence-corrected chi connectivity index (χ3v) is 5.19. The molecular weight excluding hydrogens is 374 g/mol. The van der Waals surface area contributed by atoms with Crippen molar-refractivity contribution >= 4 is 6.09 Å². The van der Waals surface area contributed by atoms with Crippen molar-refractivity contribution in [3.63, 3.8) is 0 Å². The number of para-hydroxylation sites is 2. The van der Waals surface area contributed by atoms with E-state index >= 15 is 0 Å². The maximum absolute atomic E-state index is 12.8. The van der Waals surface area contributed by atoms with Gasteiger partial charge < -0.3 is 18.6 Å². The molecule has 1 aromatic heterocycles. The van der Waals surface area contributed by atoms with Crippen LogP contribution in [0, 0.1) is 0 Å². The number of amides is 1. The zero-order valence-corrected chi connectivity index (χ0v) is 17.3. The Bertz CT molecular complexity index is 890. The Balaban J connectivity index is 1.56. The second-order valence-electron chi connectivity index (χ2n) is 8.67. The molecule has 2 aliphatic rings. The van der Waals surface area contributed by atoms with Crippen LogP contribution in [-0.4, -0.2) is 39.9 Å². The summed E-state index contributed by atoms with van der Waals surface area (Å²) < 4.78 is 23.3. The fourth-order valence-electron chi connectivity index (χ4n) is 3.68. The third-order valence-electron chi connectivity index (χ3n) is 5.19. The van der Waals surface area contributed by atoms with E-state index in [0.29, 0.717) is 29.8 Å². The standard InChI is InChI=1S/C21H27N3O5/c1-20(2,3)29-19(25)24-12-8-7-11-21(24,4)18-23-22-17(28-18)16-13-26-14-9-5-6-10-15(14)27-16/h5-6,9-10,16H,7-8,11-13H2,1-4H3. The average Bonchev–Trinajstić information content (AvgIpc) is 3.17. The van der Waals surface area contributed by atoms with Crippen molar-refractivity contribution in [1.82, 2.24) is 15.1 Å². The van der Waals surface area contributed by atoms with Crippen LogP contribution >= 0.6 is 0 Å². The van der Waals surface area contributed by atoms with E-state index in [1.165, 1.54) is 0 Å². The van der Waals surface area contributed by atoms with Crippen molar-refractivity contribution in [1.29, 1.82) is 0 Å². The Labute approximate surface area is 170 Å². The summed E-state index contributed by atoms with van der Waals surface area (Å²) in [6.07, 6.45) is 1.73. The number of piperidine rings is 1. The molecule has 156 valence electrons. The summed E-state index contributed by atoms with van der Waals surface area (Å²) in [7, 11) is 0. The van der Waals surface area contributed by atoms with Gasteiger partial charge in [-0.3, -0.25) is 4.90 Å². The number of fused-ring (bicyclic) bond motifs is 1. The van der Waals surface area contributed by atoms with Gasteiger partial charge in [0.25, 0.3) is 5.89 Å². The van der Waals surface area contributed by atoms with Crippen LogP contribution in [0.15, 0.2) is 28.7 Å². The highest BCUT2D eigenvalue weighted by atomic mass is 16.6. The molecule has 1 saturated heterocycles. The van der Waals surface area contributed by atoms with E-state index < -0.39 is 17.2 Å². The summed E-state index contributed by atoms with van der Waals surface area (Å²) in [5.74, 6) is 2.06. The van der Waals surface area contributed by atoms with E-state index in [1.807, 2.05) is 52.0 Å². The quantitative estimate of drug-likeness (QED) is 0.744. The number of ether oxygens (including phenoxy) is 3. The Kier molecular flexibility index (Phi) is 4.88. The normalized spacial score (nSPS) is 24.3. The molecular formula is C21H27N3O5. The molecule has 3 heterocycles. The molecule has 2 aliphatic heterocycles. The number of likely N-dealkylation sites (tertiary alicyclic amines) is 1. The molecule has 8 nitrogen and oxygen atoms in total. The minimum Gasteiger partial charge on any atom is -0.485 e. The maximum atomic E-state index is 12.8. The molecule has 4 rings (SSSR count). The number of carbonyl (C=O) groups excluding carboxylic acids is 1. The van der Waals surface area contributed by atoms with Crippen LogP contribution in [0.3, 0.4) is 0 Å². The highest BCUT2D eigenvalue weighted by molar-refractivity contribution is 5.69. The van der Waals surface area contributed by atoms with Gasteiger partial charge >= 0.3 is 6.09 Å². The summed E-state index contributed by atoms with van der Waals surface area (Å²) in [6, 6.07) is 7.46. The number of carbonyl (C=O) groups is 1. The van der Waals surface area contributed by atoms with Gasteiger partial charge in [0.2, 0.25) is 12.0 Å². The van der Waals surface area contributed by atoms with Crippen molar-refractivity contribution < 1.29 is 23.4 Å². The number of nitrogens with zero attached hydrogens (tertiary/aromatic N) is 3. The molecule has 2 unspecified atom stereocenters. The van der Waals surface area contributed by atoms with Crippen molar-refractivity contribution in [3.8, 4) is 11.5 Å². The van der Waals surface area contributed by atoms with Crippen molar-refractivity contribution in [2.75, 3.05) is 13.2 Å². The van der Waals surface area contributed by atoms with Crippen LogP contribution < -0.4 is 9.47 Å². The smallest absolute Gasteiger partial charge is 0.411 e. The van der Waals surface area contributed by atoms with E-state index in [2.05, 4.69) is 10.2 Å². The number of benzene rings is 1. The first-order valence-corrected chi connectivity index (χ1v) is 9.99. The number of rotatable bonds is 2. The number of hydrogen-bond acceptors (Lipinski definition) is 7. The lowest BCUT2D eigenvalue weighted by molar-refractivity contribution is -0.0211. The minimum absolute atomic E-state index is 0.283. The SMILES string of the molecule is CC(C)(C)OC(=O)N1CCCCC1(C)c1nnc(C2COc3ccccc3O2)o1. The molecule has 2 aromatic rings. The summed E-state index contributed by atoms with van der Waals surface area (Å²) in [4.78, 5) is 14.5. The zero-order valence-electron chi connectivity index (χ0n) is 17.3. The lowest BCUT2D eigenvalue weighted by Crippen LogP contribution is -2.52. The Hall–Kier alpha value is -2.77. The number of aromatic nitrogens is 2. The predicted octanol–water partition coefficient (Wildman–Crippen LogP) is 4.22. The van der Waals surface area contributed by atoms with Gasteiger partial charge in [0.05, 0.1) is 0 Å². The second-order valence-corrected chi connectivity index (χ2v) is 8.67. The van der Waals surface area contributed by atoms with Gasteiger partial charge in [-0.05, 0) is 59.1 Å². The molecule has 1 amide bonds. The highest BCUT2D eigenvalue weighted by Crippen LogP contribution is 2.40. The molecule has 2 atom stereocenters. The van der Waals surface area contributed by atoms with Crippen molar-refractivity contribution in [3.05, 3.63) is 36.0 Å². The lowest BCUT2D eigenvalue weighted by Gasteiger charge is -2.42. The number of hydrogen-bond donors (Lipinski definition) is 0. The molecule has 1 aromatic carbocycles. The molecule has 29 heavy (non-hydrogen) atoms. The molecule has 1 fully saturated rings. The van der Waals surface area contributed by atoms with Gasteiger partial charge in [-0.25, -0.2) is 4.79 Å². The highest BCUT2D eigenvalue weighted by Gasteiger charge is 2.45. The zero-order chi connectivity index (χ0) is 20.6. The Morgan fingerprint density at radius 2 is 1.97 bits per heavy atom. The van der Waals surface area contributed by atoms with Gasteiger partial charge in [-0.2, -0.15) is 0 Å². The minimum atomic E-state index is -0.723. The first kappa shape index (κ1) is 19.5. The molecule has 0 saturated carbocycles. The van der Waals surface area contributed by atoms with Gasteiger partial charge in [-0.1, -0.05) is 12.1 Å². The van der Waals surface area contributed by atoms with Crippen LogP contribution in [0.4, 0.5) is 4.79 Å². The van der Waals surface area contributed by atoms with Gasteiger partial charge in [0.1, 0.15) is 17.7 Å². The first-order valence-electron chi connectivity index (χ1n) is 9.99. The molecule has 0 bridgehead atoms. The van der Waals surface area contributed by atoms with Crippen LogP contribution in [0.5, 0.6) is 11.5 Å². The molecule has 0 aliphatic carbocycles. The van der Waals surface area contributed by atoms with Crippen LogP contribution in [0.1, 0.15) is 64.8 Å². The predicted molar refractivity (Wildman–Crippen MR) is 104 cm³/mol. The third kappa shape index (κ3) is 3.88. The van der Waals surface area contributed by atoms with E-state index in [-0.39, 0.29) is 12.7 Å². The van der Waals surface area contributed by atoms with Crippen LogP contribution in [0.2, 0.25) is 0 Å². The summed E-state index contributed by atoms with van der Waals surface area (Å²) in [5, 5.41) is 8.47. The first-order chi connectivity index (χ1) is 13.8. The fourth-order valence-corrected chi connectivity index (χ4v) is 3.68. The Morgan fingerprint density at radius 1 is 1.21 bits per heavy atom. The van der Waals surface area contributed by atoms with E-state index in [0.717, 1.165) is 19.3 Å². The summed E-state index contributed by atoms with van der Waals surface area (Å²) >= 11 is 0. The average molecular weight is 401 g/mol. The summed E-state index contributed by atoms with van der Waals surface area (Å²) in [5.41, 5.74) is -1.30. The van der Waals surface area contributed by atoms with E-state index in [4.69, 9.17) is 18.6 Å². The lowest BCUT2D eigenvalue weighted by atomic mass is 9.88. The second kappa shape index (κ2) is 7.24. The molecule has 8 heteroatoms. The fraction of sp³-hybridized carbons (Fsp3) is 0.571. The van der Waals surface area contributed by atoms with Gasteiger partial charge in [0.15, 0.2) is 11.5 Å². The van der Waals surface area contributed by atoms with Gasteiger partial charge in [0, 0.05) is 6.54 Å². The summed E-state index contributed by atoms with van der Waals surface area (Å²) in [6.45, 7) is 8.38. The Morgan fingerprint density at radius 3 is 2.72 bits per heavy atom. The van der Waals surface area contributed by atoms with Crippen molar-refractivity contribution in [2.45, 2.75) is 64.2 Å². The topological polar surface area (TPSA) is 86.9 Å². The monoisotopic (exact) mass is 401 g/mol. The molecule has 0 N–H and O–H groups in total. The van der Waals surface area contributed by atoms with Crippen LogP contribution in [0.25, 0.3) is 0 Å². The molecule has 0 spiro atoms. The van der Waals surface area contributed by atoms with E-state index in [9.17, 15) is 4.79 Å². The largest absolute Gasteiger partial charge is 0.485 e. The molecule has 0 radical (unpaired) electrons. The van der Waals surface area contributed by atoms with E-state index in [1.54, 1.807) is 4.90 Å². The van der Waals surface area contributed by atoms with Crippen molar-refractivity contribution in [2.24, 2.45) is 0 Å².